The average molecular weight is 781 g/mol. The van der Waals surface area contributed by atoms with Gasteiger partial charge in [0.25, 0.3) is 0 Å². The number of fused-ring (bicyclic) bond motifs is 10. The Morgan fingerprint density at radius 3 is 1.69 bits per heavy atom. The molecule has 0 amide bonds. The molecule has 0 spiro atoms. The number of benzene rings is 9. The van der Waals surface area contributed by atoms with E-state index >= 15 is 0 Å². The van der Waals surface area contributed by atoms with E-state index in [2.05, 4.69) is 156 Å². The van der Waals surface area contributed by atoms with Crippen LogP contribution in [0.1, 0.15) is 0 Å². The third-order valence-electron chi connectivity index (χ3n) is 12.1. The van der Waals surface area contributed by atoms with Crippen LogP contribution in [0, 0.1) is 0 Å². The maximum absolute atomic E-state index is 6.89. The number of aromatic nitrogens is 4. The summed E-state index contributed by atoms with van der Waals surface area (Å²) in [5, 5.41) is 8.80. The number of rotatable bonds is 5. The fraction of sp³-hybridized carbons (Fsp3) is 0. The van der Waals surface area contributed by atoms with E-state index < -0.39 is 0 Å². The zero-order valence-corrected chi connectivity index (χ0v) is 32.6. The smallest absolute Gasteiger partial charge is 0.170 e. The van der Waals surface area contributed by atoms with E-state index in [1.165, 1.54) is 10.8 Å². The van der Waals surface area contributed by atoms with Crippen molar-refractivity contribution in [3.63, 3.8) is 0 Å². The van der Waals surface area contributed by atoms with E-state index in [4.69, 9.17) is 23.8 Å². The number of hydrogen-bond acceptors (Lipinski definition) is 5. The van der Waals surface area contributed by atoms with Crippen molar-refractivity contribution in [2.45, 2.75) is 0 Å². The van der Waals surface area contributed by atoms with Gasteiger partial charge >= 0.3 is 0 Å². The Hall–Kier alpha value is -8.35. The summed E-state index contributed by atoms with van der Waals surface area (Å²) in [5.74, 6) is 1.58. The first kappa shape index (κ1) is 33.6. The fourth-order valence-electron chi connectivity index (χ4n) is 9.15. The molecule has 9 aromatic carbocycles. The second-order valence-electron chi connectivity index (χ2n) is 15.6. The molecule has 0 unspecified atom stereocenters. The highest BCUT2D eigenvalue weighted by atomic mass is 16.3. The van der Waals surface area contributed by atoms with Crippen LogP contribution >= 0.6 is 0 Å². The van der Waals surface area contributed by atoms with Crippen molar-refractivity contribution >= 4 is 76.5 Å². The van der Waals surface area contributed by atoms with Gasteiger partial charge in [-0.1, -0.05) is 140 Å². The molecule has 0 N–H and O–H groups in total. The molecule has 0 atom stereocenters. The molecule has 13 aromatic rings. The topological polar surface area (TPSA) is 69.9 Å². The van der Waals surface area contributed by atoms with Gasteiger partial charge in [-0.3, -0.25) is 0 Å². The van der Waals surface area contributed by atoms with Gasteiger partial charge in [-0.05, 0) is 76.5 Å². The zero-order chi connectivity index (χ0) is 40.0. The lowest BCUT2D eigenvalue weighted by Gasteiger charge is -2.15. The van der Waals surface area contributed by atoms with Crippen molar-refractivity contribution in [2.24, 2.45) is 0 Å². The molecule has 0 aliphatic rings. The van der Waals surface area contributed by atoms with Gasteiger partial charge in [0.2, 0.25) is 0 Å². The van der Waals surface area contributed by atoms with E-state index in [0.29, 0.717) is 23.1 Å². The summed E-state index contributed by atoms with van der Waals surface area (Å²) in [5.41, 5.74) is 10.9. The van der Waals surface area contributed by atoms with Crippen molar-refractivity contribution in [1.82, 2.24) is 19.5 Å². The summed E-state index contributed by atoms with van der Waals surface area (Å²) in [4.78, 5) is 16.0. The van der Waals surface area contributed by atoms with Crippen LogP contribution in [-0.4, -0.2) is 19.5 Å². The highest BCUT2D eigenvalue weighted by molar-refractivity contribution is 6.16. The summed E-state index contributed by atoms with van der Waals surface area (Å²) in [6.07, 6.45) is 0. The number of furan rings is 2. The van der Waals surface area contributed by atoms with Crippen LogP contribution in [0.15, 0.2) is 203 Å². The first-order chi connectivity index (χ1) is 30.2. The Morgan fingerprint density at radius 1 is 0.328 bits per heavy atom. The summed E-state index contributed by atoms with van der Waals surface area (Å²) < 4.78 is 15.6. The molecule has 0 radical (unpaired) electrons. The molecule has 6 heteroatoms. The highest BCUT2D eigenvalue weighted by Gasteiger charge is 2.25. The SMILES string of the molecule is c1ccc(-c2ccc(-c3nc(-c4ccc5c(c4)oc4ccccc45)nc(-c4c(-n5c6ccccc6c6cc7ccccc7cc65)ccc5c4oc4ccccc45)n3)cc2)cc1. The molecular formula is C55H32N4O2. The van der Waals surface area contributed by atoms with Crippen LogP contribution in [0.4, 0.5) is 0 Å². The van der Waals surface area contributed by atoms with E-state index in [-0.39, 0.29) is 0 Å². The van der Waals surface area contributed by atoms with E-state index in [9.17, 15) is 0 Å². The summed E-state index contributed by atoms with van der Waals surface area (Å²) in [6, 6.07) is 67.4. The average Bonchev–Trinajstić information content (AvgIpc) is 3.99. The monoisotopic (exact) mass is 780 g/mol. The van der Waals surface area contributed by atoms with Crippen molar-refractivity contribution < 1.29 is 8.83 Å². The predicted octanol–water partition coefficient (Wildman–Crippen LogP) is 14.6. The maximum Gasteiger partial charge on any atom is 0.170 e. The second kappa shape index (κ2) is 13.1. The Labute approximate surface area is 348 Å². The molecule has 0 aliphatic carbocycles. The summed E-state index contributed by atoms with van der Waals surface area (Å²) >= 11 is 0. The minimum atomic E-state index is 0.503. The molecule has 0 saturated heterocycles. The van der Waals surface area contributed by atoms with Crippen LogP contribution in [0.5, 0.6) is 0 Å². The van der Waals surface area contributed by atoms with Crippen LogP contribution < -0.4 is 0 Å². The number of para-hydroxylation sites is 3. The second-order valence-corrected chi connectivity index (χ2v) is 15.6. The molecule has 4 aromatic heterocycles. The van der Waals surface area contributed by atoms with Gasteiger partial charge in [-0.25, -0.2) is 15.0 Å². The Kier molecular flexibility index (Phi) is 7.21. The lowest BCUT2D eigenvalue weighted by atomic mass is 10.0. The highest BCUT2D eigenvalue weighted by Crippen LogP contribution is 2.43. The number of nitrogens with zero attached hydrogens (tertiary/aromatic N) is 4. The van der Waals surface area contributed by atoms with Gasteiger partial charge in [-0.2, -0.15) is 0 Å². The standard InChI is InChI=1S/C55H32N4O2/c1-2-12-33(13-3-1)34-22-24-35(25-23-34)53-56-54(38-26-27-42-40-17-7-10-20-48(40)60-50(42)32-38)58-55(57-53)51-46(29-28-43-41-18-8-11-21-49(41)61-52(43)51)59-45-19-9-6-16-39(45)44-30-36-14-4-5-15-37(36)31-47(44)59/h1-32H. The molecule has 6 nitrogen and oxygen atoms in total. The van der Waals surface area contributed by atoms with E-state index in [1.54, 1.807) is 0 Å². The third-order valence-corrected chi connectivity index (χ3v) is 12.1. The zero-order valence-electron chi connectivity index (χ0n) is 32.6. The Balaban J connectivity index is 1.12. The molecule has 0 fully saturated rings. The van der Waals surface area contributed by atoms with E-state index in [0.717, 1.165) is 93.6 Å². The molecule has 61 heavy (non-hydrogen) atoms. The Morgan fingerprint density at radius 2 is 0.885 bits per heavy atom. The van der Waals surface area contributed by atoms with Gasteiger partial charge in [0, 0.05) is 43.4 Å². The molecule has 284 valence electrons. The van der Waals surface area contributed by atoms with Crippen LogP contribution in [0.2, 0.25) is 0 Å². The molecular weight excluding hydrogens is 749 g/mol. The summed E-state index contributed by atoms with van der Waals surface area (Å²) in [6.45, 7) is 0. The van der Waals surface area contributed by atoms with Gasteiger partial charge in [0.05, 0.1) is 22.3 Å². The Bertz CT molecular complexity index is 3880. The largest absolute Gasteiger partial charge is 0.456 e. The van der Waals surface area contributed by atoms with Gasteiger partial charge in [-0.15, -0.1) is 0 Å². The van der Waals surface area contributed by atoms with E-state index in [1.807, 2.05) is 42.5 Å². The van der Waals surface area contributed by atoms with Crippen molar-refractivity contribution in [3.8, 4) is 51.0 Å². The normalized spacial score (nSPS) is 11.9. The first-order valence-corrected chi connectivity index (χ1v) is 20.4. The van der Waals surface area contributed by atoms with Crippen LogP contribution in [0.25, 0.3) is 127 Å². The molecule has 13 rings (SSSR count). The quantitative estimate of drug-likeness (QED) is 0.174. The molecule has 0 bridgehead atoms. The minimum absolute atomic E-state index is 0.503. The van der Waals surface area contributed by atoms with Crippen molar-refractivity contribution in [2.75, 3.05) is 0 Å². The van der Waals surface area contributed by atoms with Gasteiger partial charge in [0.15, 0.2) is 17.5 Å². The minimum Gasteiger partial charge on any atom is -0.456 e. The van der Waals surface area contributed by atoms with Gasteiger partial charge in [0.1, 0.15) is 22.3 Å². The van der Waals surface area contributed by atoms with Crippen LogP contribution in [0.3, 0.4) is 0 Å². The fourth-order valence-corrected chi connectivity index (χ4v) is 9.15. The lowest BCUT2D eigenvalue weighted by Crippen LogP contribution is -2.04. The third kappa shape index (κ3) is 5.26. The van der Waals surface area contributed by atoms with Crippen molar-refractivity contribution in [1.29, 1.82) is 0 Å². The summed E-state index contributed by atoms with van der Waals surface area (Å²) in [7, 11) is 0. The van der Waals surface area contributed by atoms with Gasteiger partial charge < -0.3 is 13.4 Å². The maximum atomic E-state index is 6.89. The number of hydrogen-bond donors (Lipinski definition) is 0. The molecule has 0 saturated carbocycles. The van der Waals surface area contributed by atoms with Crippen molar-refractivity contribution in [3.05, 3.63) is 194 Å². The first-order valence-electron chi connectivity index (χ1n) is 20.4. The molecule has 0 aliphatic heterocycles. The molecule has 4 heterocycles. The van der Waals surface area contributed by atoms with Crippen LogP contribution in [-0.2, 0) is 0 Å². The predicted molar refractivity (Wildman–Crippen MR) is 248 cm³/mol. The lowest BCUT2D eigenvalue weighted by molar-refractivity contribution is 0.668.